The van der Waals surface area contributed by atoms with Crippen molar-refractivity contribution in [3.05, 3.63) is 33.9 Å². The fraction of sp³-hybridized carbons (Fsp3) is 0.500. The van der Waals surface area contributed by atoms with Crippen LogP contribution in [0.1, 0.15) is 36.0 Å². The SMILES string of the molecule is CN(CC1(O)CCCC1)c1ccc(C=O)cc1[N+](=O)[O-]. The fourth-order valence-corrected chi connectivity index (χ4v) is 2.80. The van der Waals surface area contributed by atoms with Crippen LogP contribution in [-0.2, 0) is 0 Å². The first-order valence-electron chi connectivity index (χ1n) is 6.62. The highest BCUT2D eigenvalue weighted by Gasteiger charge is 2.33. The van der Waals surface area contributed by atoms with E-state index in [4.69, 9.17) is 0 Å². The van der Waals surface area contributed by atoms with Gasteiger partial charge in [-0.2, -0.15) is 0 Å². The second-order valence-corrected chi connectivity index (χ2v) is 5.41. The van der Waals surface area contributed by atoms with E-state index in [1.165, 1.54) is 6.07 Å². The summed E-state index contributed by atoms with van der Waals surface area (Å²) in [6, 6.07) is 4.36. The molecule has 0 atom stereocenters. The van der Waals surface area contributed by atoms with Crippen LogP contribution in [-0.4, -0.2) is 35.5 Å². The number of nitro groups is 1. The van der Waals surface area contributed by atoms with E-state index in [0.29, 0.717) is 18.5 Å². The Bertz CT molecular complexity index is 524. The van der Waals surface area contributed by atoms with Gasteiger partial charge in [0.25, 0.3) is 5.69 Å². The quantitative estimate of drug-likeness (QED) is 0.507. The summed E-state index contributed by atoms with van der Waals surface area (Å²) < 4.78 is 0. The number of aliphatic hydroxyl groups is 1. The molecule has 1 saturated carbocycles. The van der Waals surface area contributed by atoms with Gasteiger partial charge >= 0.3 is 0 Å². The highest BCUT2D eigenvalue weighted by atomic mass is 16.6. The van der Waals surface area contributed by atoms with E-state index in [2.05, 4.69) is 0 Å². The van der Waals surface area contributed by atoms with E-state index in [-0.39, 0.29) is 11.3 Å². The van der Waals surface area contributed by atoms with Gasteiger partial charge in [-0.1, -0.05) is 12.8 Å². The molecule has 1 fully saturated rings. The molecule has 0 saturated heterocycles. The molecule has 108 valence electrons. The van der Waals surface area contributed by atoms with Crippen molar-refractivity contribution < 1.29 is 14.8 Å². The molecule has 0 amide bonds. The number of likely N-dealkylation sites (N-methyl/N-ethyl adjacent to an activating group) is 1. The van der Waals surface area contributed by atoms with Crippen molar-refractivity contribution in [2.75, 3.05) is 18.5 Å². The van der Waals surface area contributed by atoms with Crippen molar-refractivity contribution in [2.45, 2.75) is 31.3 Å². The third kappa shape index (κ3) is 2.96. The fourth-order valence-electron chi connectivity index (χ4n) is 2.80. The van der Waals surface area contributed by atoms with E-state index in [1.54, 1.807) is 24.1 Å². The Morgan fingerprint density at radius 2 is 2.10 bits per heavy atom. The first-order chi connectivity index (χ1) is 9.45. The number of carbonyl (C=O) groups excluding carboxylic acids is 1. The number of benzene rings is 1. The summed E-state index contributed by atoms with van der Waals surface area (Å²) in [5.74, 6) is 0. The minimum Gasteiger partial charge on any atom is -0.388 e. The molecule has 6 nitrogen and oxygen atoms in total. The van der Waals surface area contributed by atoms with Crippen LogP contribution in [0.4, 0.5) is 11.4 Å². The van der Waals surface area contributed by atoms with Crippen molar-refractivity contribution in [1.29, 1.82) is 0 Å². The number of nitro benzene ring substituents is 1. The molecular formula is C14H18N2O4. The van der Waals surface area contributed by atoms with Crippen LogP contribution in [0, 0.1) is 10.1 Å². The van der Waals surface area contributed by atoms with Crippen molar-refractivity contribution in [3.63, 3.8) is 0 Å². The topological polar surface area (TPSA) is 83.7 Å². The highest BCUT2D eigenvalue weighted by molar-refractivity contribution is 5.79. The van der Waals surface area contributed by atoms with Gasteiger partial charge in [0.05, 0.1) is 10.5 Å². The molecule has 0 radical (unpaired) electrons. The van der Waals surface area contributed by atoms with Crippen LogP contribution in [0.5, 0.6) is 0 Å². The average molecular weight is 278 g/mol. The zero-order valence-electron chi connectivity index (χ0n) is 11.4. The lowest BCUT2D eigenvalue weighted by Crippen LogP contribution is -2.39. The number of hydrogen-bond donors (Lipinski definition) is 1. The molecule has 20 heavy (non-hydrogen) atoms. The molecule has 0 aromatic heterocycles. The largest absolute Gasteiger partial charge is 0.388 e. The molecule has 1 aliphatic carbocycles. The van der Waals surface area contributed by atoms with Gasteiger partial charge in [0.1, 0.15) is 12.0 Å². The molecule has 0 heterocycles. The maximum Gasteiger partial charge on any atom is 0.293 e. The normalized spacial score (nSPS) is 16.9. The molecule has 6 heteroatoms. The average Bonchev–Trinajstić information content (AvgIpc) is 2.84. The minimum atomic E-state index is -0.772. The Morgan fingerprint density at radius 3 is 2.65 bits per heavy atom. The lowest BCUT2D eigenvalue weighted by Gasteiger charge is -2.29. The second kappa shape index (κ2) is 5.58. The Labute approximate surface area is 117 Å². The Hall–Kier alpha value is -1.95. The predicted octanol–water partition coefficient (Wildman–Crippen LogP) is 2.15. The zero-order valence-corrected chi connectivity index (χ0v) is 11.4. The number of anilines is 1. The molecule has 0 aliphatic heterocycles. The number of rotatable bonds is 5. The third-order valence-electron chi connectivity index (χ3n) is 3.81. The van der Waals surface area contributed by atoms with Gasteiger partial charge in [0, 0.05) is 25.2 Å². The van der Waals surface area contributed by atoms with Crippen LogP contribution in [0.25, 0.3) is 0 Å². The van der Waals surface area contributed by atoms with Gasteiger partial charge < -0.3 is 10.0 Å². The summed E-state index contributed by atoms with van der Waals surface area (Å²) in [5.41, 5.74) is -0.195. The van der Waals surface area contributed by atoms with E-state index in [9.17, 15) is 20.0 Å². The van der Waals surface area contributed by atoms with Gasteiger partial charge in [-0.15, -0.1) is 0 Å². The molecule has 1 aromatic rings. The van der Waals surface area contributed by atoms with Crippen LogP contribution < -0.4 is 4.90 Å². The van der Waals surface area contributed by atoms with Gasteiger partial charge in [-0.05, 0) is 25.0 Å². The smallest absolute Gasteiger partial charge is 0.293 e. The summed E-state index contributed by atoms with van der Waals surface area (Å²) in [6.07, 6.45) is 3.99. The number of hydrogen-bond acceptors (Lipinski definition) is 5. The molecule has 1 N–H and O–H groups in total. The molecule has 2 rings (SSSR count). The van der Waals surface area contributed by atoms with Gasteiger partial charge in [-0.3, -0.25) is 14.9 Å². The maximum absolute atomic E-state index is 11.1. The Kier molecular flexibility index (Phi) is 4.04. The van der Waals surface area contributed by atoms with Crippen molar-refractivity contribution >= 4 is 17.7 Å². The van der Waals surface area contributed by atoms with E-state index >= 15 is 0 Å². The highest BCUT2D eigenvalue weighted by Crippen LogP contribution is 2.34. The molecule has 0 unspecified atom stereocenters. The molecule has 1 aliphatic rings. The second-order valence-electron chi connectivity index (χ2n) is 5.41. The predicted molar refractivity (Wildman–Crippen MR) is 75.2 cm³/mol. The monoisotopic (exact) mass is 278 g/mol. The number of nitrogens with zero attached hydrogens (tertiary/aromatic N) is 2. The zero-order chi connectivity index (χ0) is 14.8. The van der Waals surface area contributed by atoms with Gasteiger partial charge in [0.2, 0.25) is 0 Å². The summed E-state index contributed by atoms with van der Waals surface area (Å²) in [5, 5.41) is 21.5. The van der Waals surface area contributed by atoms with Crippen LogP contribution in [0.15, 0.2) is 18.2 Å². The lowest BCUT2D eigenvalue weighted by molar-refractivity contribution is -0.384. The van der Waals surface area contributed by atoms with Crippen molar-refractivity contribution in [2.24, 2.45) is 0 Å². The van der Waals surface area contributed by atoms with E-state index in [1.807, 2.05) is 0 Å². The minimum absolute atomic E-state index is 0.112. The molecule has 0 bridgehead atoms. The lowest BCUT2D eigenvalue weighted by atomic mass is 10.0. The molecular weight excluding hydrogens is 260 g/mol. The number of aldehydes is 1. The van der Waals surface area contributed by atoms with Crippen molar-refractivity contribution in [1.82, 2.24) is 0 Å². The standard InChI is InChI=1S/C14H18N2O4/c1-15(10-14(18)6-2-3-7-14)12-5-4-11(9-17)8-13(12)16(19)20/h4-5,8-9,18H,2-3,6-7,10H2,1H3. The third-order valence-corrected chi connectivity index (χ3v) is 3.81. The summed E-state index contributed by atoms with van der Waals surface area (Å²) in [6.45, 7) is 0.355. The van der Waals surface area contributed by atoms with E-state index < -0.39 is 10.5 Å². The summed E-state index contributed by atoms with van der Waals surface area (Å²) in [7, 11) is 1.72. The number of carbonyl (C=O) groups is 1. The van der Waals surface area contributed by atoms with Crippen LogP contribution in [0.3, 0.4) is 0 Å². The maximum atomic E-state index is 11.1. The first kappa shape index (κ1) is 14.5. The Balaban J connectivity index is 2.26. The van der Waals surface area contributed by atoms with Gasteiger partial charge in [0.15, 0.2) is 0 Å². The van der Waals surface area contributed by atoms with Crippen molar-refractivity contribution in [3.8, 4) is 0 Å². The summed E-state index contributed by atoms with van der Waals surface area (Å²) in [4.78, 5) is 23.0. The van der Waals surface area contributed by atoms with Crippen LogP contribution >= 0.6 is 0 Å². The van der Waals surface area contributed by atoms with Gasteiger partial charge in [-0.25, -0.2) is 0 Å². The van der Waals surface area contributed by atoms with Crippen LogP contribution in [0.2, 0.25) is 0 Å². The molecule has 1 aromatic carbocycles. The Morgan fingerprint density at radius 1 is 1.45 bits per heavy atom. The first-order valence-corrected chi connectivity index (χ1v) is 6.62. The van der Waals surface area contributed by atoms with E-state index in [0.717, 1.165) is 25.7 Å². The molecule has 0 spiro atoms. The summed E-state index contributed by atoms with van der Waals surface area (Å²) >= 11 is 0.